The Balaban J connectivity index is 1.60. The topological polar surface area (TPSA) is 55.8 Å². The van der Waals surface area contributed by atoms with E-state index in [0.717, 1.165) is 45.1 Å². The molecule has 0 spiro atoms. The summed E-state index contributed by atoms with van der Waals surface area (Å²) in [5.41, 5.74) is 2.52. The van der Waals surface area contributed by atoms with Gasteiger partial charge >= 0.3 is 0 Å². The normalized spacial score (nSPS) is 16.7. The molecule has 1 aliphatic rings. The molecule has 2 aromatic rings. The van der Waals surface area contributed by atoms with Crippen LogP contribution in [0.2, 0.25) is 0 Å². The molecule has 1 aromatic carbocycles. The Morgan fingerprint density at radius 1 is 1.19 bits per heavy atom. The second kappa shape index (κ2) is 11.6. The van der Waals surface area contributed by atoms with Gasteiger partial charge in [0.05, 0.1) is 6.54 Å². The highest BCUT2D eigenvalue weighted by atomic mass is 19.1. The number of hydrogen-bond acceptors (Lipinski definition) is 4. The molecule has 1 unspecified atom stereocenters. The number of nitrogens with one attached hydrogen (secondary N) is 2. The maximum Gasteiger partial charge on any atom is 0.191 e. The van der Waals surface area contributed by atoms with Crippen molar-refractivity contribution in [3.63, 3.8) is 0 Å². The minimum Gasteiger partial charge on any atom is -0.357 e. The van der Waals surface area contributed by atoms with Crippen LogP contribution in [0, 0.1) is 5.82 Å². The highest BCUT2D eigenvalue weighted by Crippen LogP contribution is 2.20. The lowest BCUT2D eigenvalue weighted by Crippen LogP contribution is -2.44. The molecule has 1 atom stereocenters. The van der Waals surface area contributed by atoms with Crippen LogP contribution in [0.3, 0.4) is 0 Å². The molecular weight excluding hydrogens is 391 g/mol. The number of rotatable bonds is 9. The van der Waals surface area contributed by atoms with E-state index >= 15 is 0 Å². The summed E-state index contributed by atoms with van der Waals surface area (Å²) >= 11 is 0. The zero-order valence-corrected chi connectivity index (χ0v) is 18.9. The van der Waals surface area contributed by atoms with Gasteiger partial charge in [-0.1, -0.05) is 38.1 Å². The lowest BCUT2D eigenvalue weighted by atomic mass is 10.1. The number of aromatic nitrogens is 1. The molecule has 3 rings (SSSR count). The molecule has 1 fully saturated rings. The molecular formula is C24H35FN6. The zero-order valence-electron chi connectivity index (χ0n) is 18.9. The Morgan fingerprint density at radius 2 is 2.00 bits per heavy atom. The lowest BCUT2D eigenvalue weighted by molar-refractivity contribution is 0.296. The molecule has 0 aliphatic carbocycles. The van der Waals surface area contributed by atoms with Gasteiger partial charge in [0.25, 0.3) is 0 Å². The molecule has 0 radical (unpaired) electrons. The molecule has 0 saturated carbocycles. The van der Waals surface area contributed by atoms with Gasteiger partial charge in [-0.25, -0.2) is 14.4 Å². The highest BCUT2D eigenvalue weighted by molar-refractivity contribution is 5.80. The SMILES string of the molecule is CCNC(=NCc1cccc(CN(CC)CC)c1)NC1CCN(c2ncccc2F)C1. The summed E-state index contributed by atoms with van der Waals surface area (Å²) in [5, 5.41) is 6.84. The van der Waals surface area contributed by atoms with Crippen LogP contribution < -0.4 is 15.5 Å². The fourth-order valence-electron chi connectivity index (χ4n) is 3.90. The van der Waals surface area contributed by atoms with Crippen molar-refractivity contribution in [1.82, 2.24) is 20.5 Å². The van der Waals surface area contributed by atoms with E-state index in [1.165, 1.54) is 17.2 Å². The maximum atomic E-state index is 14.1. The molecule has 0 amide bonds. The average molecular weight is 427 g/mol. The minimum absolute atomic E-state index is 0.202. The Bertz CT molecular complexity index is 851. The molecule has 2 N–H and O–H groups in total. The highest BCUT2D eigenvalue weighted by Gasteiger charge is 2.25. The van der Waals surface area contributed by atoms with Gasteiger partial charge in [0.15, 0.2) is 17.6 Å². The van der Waals surface area contributed by atoms with Crippen LogP contribution in [-0.2, 0) is 13.1 Å². The average Bonchev–Trinajstić information content (AvgIpc) is 3.25. The molecule has 1 aromatic heterocycles. The van der Waals surface area contributed by atoms with Gasteiger partial charge in [-0.3, -0.25) is 4.90 Å². The van der Waals surface area contributed by atoms with Crippen molar-refractivity contribution in [2.45, 2.75) is 46.3 Å². The Hall–Kier alpha value is -2.67. The lowest BCUT2D eigenvalue weighted by Gasteiger charge is -2.20. The van der Waals surface area contributed by atoms with Gasteiger partial charge in [-0.15, -0.1) is 0 Å². The summed E-state index contributed by atoms with van der Waals surface area (Å²) in [6.45, 7) is 12.4. The third-order valence-corrected chi connectivity index (χ3v) is 5.62. The smallest absolute Gasteiger partial charge is 0.191 e. The summed E-state index contributed by atoms with van der Waals surface area (Å²) in [7, 11) is 0. The van der Waals surface area contributed by atoms with Gasteiger partial charge in [0.2, 0.25) is 0 Å². The molecule has 168 valence electrons. The number of halogens is 1. The molecule has 1 aliphatic heterocycles. The maximum absolute atomic E-state index is 14.1. The van der Waals surface area contributed by atoms with Crippen molar-refractivity contribution in [2.75, 3.05) is 37.6 Å². The van der Waals surface area contributed by atoms with Crippen LogP contribution in [0.1, 0.15) is 38.3 Å². The van der Waals surface area contributed by atoms with Crippen LogP contribution in [0.5, 0.6) is 0 Å². The monoisotopic (exact) mass is 426 g/mol. The van der Waals surface area contributed by atoms with E-state index in [1.807, 2.05) is 4.90 Å². The third kappa shape index (κ3) is 6.66. The minimum atomic E-state index is -0.270. The first-order valence-corrected chi connectivity index (χ1v) is 11.3. The first-order valence-electron chi connectivity index (χ1n) is 11.3. The van der Waals surface area contributed by atoms with Gasteiger partial charge in [-0.2, -0.15) is 0 Å². The number of guanidine groups is 1. The Labute approximate surface area is 185 Å². The second-order valence-electron chi connectivity index (χ2n) is 7.86. The fourth-order valence-corrected chi connectivity index (χ4v) is 3.90. The Morgan fingerprint density at radius 3 is 2.74 bits per heavy atom. The zero-order chi connectivity index (χ0) is 22.1. The molecule has 0 bridgehead atoms. The number of hydrogen-bond donors (Lipinski definition) is 2. The number of anilines is 1. The number of nitrogens with zero attached hydrogens (tertiary/aromatic N) is 4. The van der Waals surface area contributed by atoms with E-state index in [1.54, 1.807) is 12.3 Å². The van der Waals surface area contributed by atoms with E-state index in [-0.39, 0.29) is 11.9 Å². The summed E-state index contributed by atoms with van der Waals surface area (Å²) in [5.74, 6) is 0.956. The number of pyridine rings is 1. The van der Waals surface area contributed by atoms with Crippen molar-refractivity contribution < 1.29 is 4.39 Å². The second-order valence-corrected chi connectivity index (χ2v) is 7.86. The van der Waals surface area contributed by atoms with Gasteiger partial charge in [-0.05, 0) is 49.7 Å². The number of benzene rings is 1. The molecule has 31 heavy (non-hydrogen) atoms. The van der Waals surface area contributed by atoms with Crippen LogP contribution in [0.4, 0.5) is 10.2 Å². The first kappa shape index (κ1) is 23.0. The molecule has 7 heteroatoms. The van der Waals surface area contributed by atoms with Gasteiger partial charge < -0.3 is 15.5 Å². The first-order chi connectivity index (χ1) is 15.1. The summed E-state index contributed by atoms with van der Waals surface area (Å²) < 4.78 is 14.1. The number of aliphatic imine (C=N–C) groups is 1. The summed E-state index contributed by atoms with van der Waals surface area (Å²) in [4.78, 5) is 13.4. The predicted molar refractivity (Wildman–Crippen MR) is 126 cm³/mol. The van der Waals surface area contributed by atoms with Crippen LogP contribution in [0.25, 0.3) is 0 Å². The van der Waals surface area contributed by atoms with Crippen molar-refractivity contribution in [1.29, 1.82) is 0 Å². The van der Waals surface area contributed by atoms with E-state index in [2.05, 4.69) is 65.6 Å². The standard InChI is InChI=1S/C24H35FN6/c1-4-26-24(28-16-19-9-7-10-20(15-19)17-30(5-2)6-3)29-21-12-14-31(18-21)23-22(25)11-8-13-27-23/h7-11,13,15,21H,4-6,12,14,16-18H2,1-3H3,(H2,26,28,29). The van der Waals surface area contributed by atoms with Gasteiger partial charge in [0.1, 0.15) is 0 Å². The molecule has 2 heterocycles. The summed E-state index contributed by atoms with van der Waals surface area (Å²) in [6, 6.07) is 11.9. The van der Waals surface area contributed by atoms with Crippen LogP contribution >= 0.6 is 0 Å². The van der Waals surface area contributed by atoms with Crippen LogP contribution in [-0.4, -0.2) is 54.6 Å². The van der Waals surface area contributed by atoms with Gasteiger partial charge in [0, 0.05) is 38.4 Å². The van der Waals surface area contributed by atoms with Crippen molar-refractivity contribution in [2.24, 2.45) is 4.99 Å². The quantitative estimate of drug-likeness (QED) is 0.476. The van der Waals surface area contributed by atoms with E-state index in [4.69, 9.17) is 4.99 Å². The summed E-state index contributed by atoms with van der Waals surface area (Å²) in [6.07, 6.45) is 2.55. The van der Waals surface area contributed by atoms with E-state index in [9.17, 15) is 4.39 Å². The Kier molecular flexibility index (Phi) is 8.64. The molecule has 1 saturated heterocycles. The molecule has 6 nitrogen and oxygen atoms in total. The van der Waals surface area contributed by atoms with Crippen molar-refractivity contribution in [3.8, 4) is 0 Å². The van der Waals surface area contributed by atoms with E-state index in [0.29, 0.717) is 18.9 Å². The van der Waals surface area contributed by atoms with Crippen molar-refractivity contribution >= 4 is 11.8 Å². The largest absolute Gasteiger partial charge is 0.357 e. The van der Waals surface area contributed by atoms with Crippen LogP contribution in [0.15, 0.2) is 47.6 Å². The predicted octanol–water partition coefficient (Wildman–Crippen LogP) is 3.40. The van der Waals surface area contributed by atoms with Crippen molar-refractivity contribution in [3.05, 3.63) is 59.5 Å². The van der Waals surface area contributed by atoms with E-state index < -0.39 is 0 Å². The fraction of sp³-hybridized carbons (Fsp3) is 0.500. The third-order valence-electron chi connectivity index (χ3n) is 5.62.